The number of ether oxygens (including phenoxy) is 1. The first-order valence-electron chi connectivity index (χ1n) is 7.59. The molecule has 0 bridgehead atoms. The molecule has 0 aliphatic carbocycles. The van der Waals surface area contributed by atoms with E-state index in [1.165, 1.54) is 47.6 Å². The van der Waals surface area contributed by atoms with Gasteiger partial charge in [-0.3, -0.25) is 19.8 Å². The van der Waals surface area contributed by atoms with Gasteiger partial charge in [0, 0.05) is 25.1 Å². The van der Waals surface area contributed by atoms with Crippen molar-refractivity contribution < 1.29 is 18.7 Å². The quantitative estimate of drug-likeness (QED) is 0.675. The predicted octanol–water partition coefficient (Wildman–Crippen LogP) is 2.66. The van der Waals surface area contributed by atoms with E-state index >= 15 is 0 Å². The summed E-state index contributed by atoms with van der Waals surface area (Å²) >= 11 is 2.42. The third-order valence-corrected chi connectivity index (χ3v) is 5.12. The van der Waals surface area contributed by atoms with Gasteiger partial charge in [-0.1, -0.05) is 11.3 Å². The fraction of sp³-hybridized carbons (Fsp3) is 0.188. The summed E-state index contributed by atoms with van der Waals surface area (Å²) in [5.41, 5.74) is 0.896. The van der Waals surface area contributed by atoms with Crippen LogP contribution in [-0.4, -0.2) is 47.8 Å². The fourth-order valence-corrected chi connectivity index (χ4v) is 3.62. The van der Waals surface area contributed by atoms with Gasteiger partial charge in [0.15, 0.2) is 10.1 Å². The van der Waals surface area contributed by atoms with E-state index in [0.29, 0.717) is 26.5 Å². The normalized spacial score (nSPS) is 10.6. The maximum Gasteiger partial charge on any atom is 0.259 e. The van der Waals surface area contributed by atoms with Crippen molar-refractivity contribution in [1.82, 2.24) is 15.2 Å². The van der Waals surface area contributed by atoms with E-state index in [0.717, 1.165) is 11.3 Å². The zero-order valence-electron chi connectivity index (χ0n) is 14.3. The summed E-state index contributed by atoms with van der Waals surface area (Å²) in [6, 6.07) is 5.30. The third kappa shape index (κ3) is 4.51. The van der Waals surface area contributed by atoms with Crippen molar-refractivity contribution in [2.45, 2.75) is 0 Å². The molecular weight excluding hydrogens is 393 g/mol. The highest BCUT2D eigenvalue weighted by molar-refractivity contribution is 7.19. The molecule has 0 atom stereocenters. The van der Waals surface area contributed by atoms with Gasteiger partial charge < -0.3 is 4.74 Å². The summed E-state index contributed by atoms with van der Waals surface area (Å²) in [6.45, 7) is -0.0773. The second-order valence-electron chi connectivity index (χ2n) is 5.28. The molecule has 0 aliphatic rings. The van der Waals surface area contributed by atoms with Crippen molar-refractivity contribution in [2.75, 3.05) is 31.0 Å². The number of nitrogens with zero attached hydrogens (tertiary/aromatic N) is 4. The third-order valence-electron chi connectivity index (χ3n) is 3.34. The van der Waals surface area contributed by atoms with Gasteiger partial charge in [-0.15, -0.1) is 21.5 Å². The number of nitrogens with one attached hydrogen (secondary N) is 1. The molecule has 2 amide bonds. The van der Waals surface area contributed by atoms with Crippen LogP contribution in [-0.2, 0) is 9.53 Å². The SMILES string of the molecule is COCC(=O)Nc1nnc(-c2csc(N(C)C(=O)c3ccc(F)cc3)n2)s1. The minimum absolute atomic E-state index is 0.0773. The molecule has 1 N–H and O–H groups in total. The molecule has 2 aromatic heterocycles. The van der Waals surface area contributed by atoms with Crippen molar-refractivity contribution in [1.29, 1.82) is 0 Å². The van der Waals surface area contributed by atoms with E-state index in [2.05, 4.69) is 20.5 Å². The number of anilines is 2. The van der Waals surface area contributed by atoms with E-state index in [9.17, 15) is 14.0 Å². The summed E-state index contributed by atoms with van der Waals surface area (Å²) in [5, 5.41) is 13.5. The maximum absolute atomic E-state index is 13.0. The largest absolute Gasteiger partial charge is 0.375 e. The number of rotatable bonds is 6. The molecule has 0 saturated carbocycles. The van der Waals surface area contributed by atoms with E-state index in [1.807, 2.05) is 0 Å². The van der Waals surface area contributed by atoms with Crippen LogP contribution in [0.2, 0.25) is 0 Å². The second kappa shape index (κ2) is 8.29. The van der Waals surface area contributed by atoms with Crippen LogP contribution in [0.4, 0.5) is 14.7 Å². The summed E-state index contributed by atoms with van der Waals surface area (Å²) in [5.74, 6) is -1.04. The van der Waals surface area contributed by atoms with Gasteiger partial charge in [0.2, 0.25) is 5.13 Å². The standard InChI is InChI=1S/C16H14FN5O3S2/c1-22(14(24)9-3-5-10(17)6-4-9)16-18-11(8-26-16)13-20-21-15(27-13)19-12(23)7-25-2/h3-6,8H,7H2,1-2H3,(H,19,21,23). The number of carbonyl (C=O) groups is 2. The van der Waals surface area contributed by atoms with Crippen LogP contribution in [0.5, 0.6) is 0 Å². The number of hydrogen-bond donors (Lipinski definition) is 1. The van der Waals surface area contributed by atoms with Gasteiger partial charge in [-0.25, -0.2) is 9.37 Å². The zero-order valence-corrected chi connectivity index (χ0v) is 15.9. The minimum atomic E-state index is -0.407. The van der Waals surface area contributed by atoms with Gasteiger partial charge in [0.05, 0.1) is 0 Å². The number of hydrogen-bond acceptors (Lipinski definition) is 8. The van der Waals surface area contributed by atoms with E-state index in [-0.39, 0.29) is 18.4 Å². The molecule has 0 unspecified atom stereocenters. The van der Waals surface area contributed by atoms with E-state index < -0.39 is 5.82 Å². The first-order chi connectivity index (χ1) is 13.0. The van der Waals surface area contributed by atoms with Crippen LogP contribution in [0, 0.1) is 5.82 Å². The zero-order chi connectivity index (χ0) is 19.4. The van der Waals surface area contributed by atoms with Crippen LogP contribution in [0.25, 0.3) is 10.7 Å². The van der Waals surface area contributed by atoms with E-state index in [1.54, 1.807) is 12.4 Å². The molecule has 0 spiro atoms. The summed E-state index contributed by atoms with van der Waals surface area (Å²) < 4.78 is 17.7. The Kier molecular flexibility index (Phi) is 5.84. The Morgan fingerprint density at radius 3 is 2.70 bits per heavy atom. The predicted molar refractivity (Wildman–Crippen MR) is 101 cm³/mol. The molecule has 0 radical (unpaired) electrons. The molecular formula is C16H14FN5O3S2. The molecule has 11 heteroatoms. The van der Waals surface area contributed by atoms with Gasteiger partial charge in [0.25, 0.3) is 11.8 Å². The number of benzene rings is 1. The number of thiazole rings is 1. The first-order valence-corrected chi connectivity index (χ1v) is 9.29. The maximum atomic E-state index is 13.0. The Labute approximate surface area is 161 Å². The van der Waals surface area contributed by atoms with Crippen molar-refractivity contribution >= 4 is 44.8 Å². The number of carbonyl (C=O) groups excluding carboxylic acids is 2. The van der Waals surface area contributed by atoms with Crippen LogP contribution in [0.15, 0.2) is 29.6 Å². The first kappa shape index (κ1) is 19.0. The number of halogens is 1. The minimum Gasteiger partial charge on any atom is -0.375 e. The molecule has 3 rings (SSSR count). The summed E-state index contributed by atoms with van der Waals surface area (Å²) in [4.78, 5) is 29.8. The number of aromatic nitrogens is 3. The lowest BCUT2D eigenvalue weighted by Crippen LogP contribution is -2.26. The Hall–Kier alpha value is -2.76. The van der Waals surface area contributed by atoms with Gasteiger partial charge >= 0.3 is 0 Å². The Morgan fingerprint density at radius 1 is 1.26 bits per heavy atom. The molecule has 27 heavy (non-hydrogen) atoms. The lowest BCUT2D eigenvalue weighted by atomic mass is 10.2. The van der Waals surface area contributed by atoms with Crippen molar-refractivity contribution in [3.05, 3.63) is 41.0 Å². The van der Waals surface area contributed by atoms with Crippen molar-refractivity contribution in [3.63, 3.8) is 0 Å². The average molecular weight is 407 g/mol. The van der Waals surface area contributed by atoms with Crippen LogP contribution in [0.1, 0.15) is 10.4 Å². The molecule has 140 valence electrons. The Morgan fingerprint density at radius 2 is 2.00 bits per heavy atom. The molecule has 3 aromatic rings. The highest BCUT2D eigenvalue weighted by atomic mass is 32.1. The van der Waals surface area contributed by atoms with Gasteiger partial charge in [-0.05, 0) is 24.3 Å². The fourth-order valence-electron chi connectivity index (χ4n) is 2.05. The van der Waals surface area contributed by atoms with E-state index in [4.69, 9.17) is 4.74 Å². The lowest BCUT2D eigenvalue weighted by Gasteiger charge is -2.13. The molecule has 0 saturated heterocycles. The molecule has 1 aromatic carbocycles. The van der Waals surface area contributed by atoms with Gasteiger partial charge in [0.1, 0.15) is 18.1 Å². The second-order valence-corrected chi connectivity index (χ2v) is 7.09. The number of methoxy groups -OCH3 is 1. The van der Waals surface area contributed by atoms with Crippen LogP contribution in [0.3, 0.4) is 0 Å². The Bertz CT molecular complexity index is 957. The topological polar surface area (TPSA) is 97.3 Å². The Balaban J connectivity index is 1.72. The molecule has 8 nitrogen and oxygen atoms in total. The lowest BCUT2D eigenvalue weighted by molar-refractivity contribution is -0.119. The average Bonchev–Trinajstić information content (AvgIpc) is 3.30. The monoisotopic (exact) mass is 407 g/mol. The smallest absolute Gasteiger partial charge is 0.259 e. The molecule has 0 fully saturated rings. The van der Waals surface area contributed by atoms with Crippen LogP contribution < -0.4 is 10.2 Å². The van der Waals surface area contributed by atoms with Crippen molar-refractivity contribution in [3.8, 4) is 10.7 Å². The molecule has 2 heterocycles. The summed E-state index contributed by atoms with van der Waals surface area (Å²) in [7, 11) is 3.01. The summed E-state index contributed by atoms with van der Waals surface area (Å²) in [6.07, 6.45) is 0. The highest BCUT2D eigenvalue weighted by Gasteiger charge is 2.19. The van der Waals surface area contributed by atoms with Crippen molar-refractivity contribution in [2.24, 2.45) is 0 Å². The highest BCUT2D eigenvalue weighted by Crippen LogP contribution is 2.31. The van der Waals surface area contributed by atoms with Crippen LogP contribution >= 0.6 is 22.7 Å². The number of amides is 2. The van der Waals surface area contributed by atoms with Gasteiger partial charge in [-0.2, -0.15) is 0 Å². The molecule has 0 aliphatic heterocycles.